The van der Waals surface area contributed by atoms with E-state index >= 15 is 0 Å². The minimum absolute atomic E-state index is 0.0546. The quantitative estimate of drug-likeness (QED) is 0.919. The van der Waals surface area contributed by atoms with Crippen molar-refractivity contribution >= 4 is 5.91 Å². The average Bonchev–Trinajstić information content (AvgIpc) is 2.97. The summed E-state index contributed by atoms with van der Waals surface area (Å²) in [6, 6.07) is 8.35. The fraction of sp³-hybridized carbons (Fsp3) is 0.474. The number of hydrogen-bond donors (Lipinski definition) is 1. The summed E-state index contributed by atoms with van der Waals surface area (Å²) in [5, 5.41) is 7.36. The number of aryl methyl sites for hydroxylation is 1. The highest BCUT2D eigenvalue weighted by molar-refractivity contribution is 5.87. The molecule has 1 aliphatic rings. The van der Waals surface area contributed by atoms with Crippen molar-refractivity contribution in [2.75, 3.05) is 7.11 Å². The minimum Gasteiger partial charge on any atom is -0.496 e. The maximum Gasteiger partial charge on any atom is 0.230 e. The molecule has 0 radical (unpaired) electrons. The van der Waals surface area contributed by atoms with E-state index in [-0.39, 0.29) is 11.9 Å². The van der Waals surface area contributed by atoms with E-state index in [2.05, 4.69) is 16.5 Å². The third-order valence-corrected chi connectivity index (χ3v) is 5.05. The van der Waals surface area contributed by atoms with Gasteiger partial charge in [0.25, 0.3) is 0 Å². The summed E-state index contributed by atoms with van der Waals surface area (Å²) in [6.45, 7) is 3.88. The van der Waals surface area contributed by atoms with Gasteiger partial charge in [0.1, 0.15) is 5.75 Å². The molecule has 1 aliphatic carbocycles. The van der Waals surface area contributed by atoms with Gasteiger partial charge in [0, 0.05) is 24.8 Å². The molecule has 0 unspecified atom stereocenters. The highest BCUT2D eigenvalue weighted by Gasteiger charge is 2.37. The van der Waals surface area contributed by atoms with Gasteiger partial charge in [-0.2, -0.15) is 5.10 Å². The van der Waals surface area contributed by atoms with Crippen LogP contribution in [0.2, 0.25) is 0 Å². The molecular weight excluding hydrogens is 302 g/mol. The van der Waals surface area contributed by atoms with E-state index in [1.807, 2.05) is 45.3 Å². The molecule has 0 atom stereocenters. The molecule has 0 aliphatic heterocycles. The minimum atomic E-state index is -0.580. The SMILES string of the molecule is COc1ccccc1C1CC(NC(=O)C(C)(C)c2cnn(C)c2)C1. The summed E-state index contributed by atoms with van der Waals surface area (Å²) in [4.78, 5) is 12.7. The number of methoxy groups -OCH3 is 1. The van der Waals surface area contributed by atoms with Gasteiger partial charge in [-0.05, 0) is 44.2 Å². The van der Waals surface area contributed by atoms with E-state index in [9.17, 15) is 4.79 Å². The summed E-state index contributed by atoms with van der Waals surface area (Å²) < 4.78 is 7.16. The summed E-state index contributed by atoms with van der Waals surface area (Å²) in [5.74, 6) is 1.44. The van der Waals surface area contributed by atoms with Crippen molar-refractivity contribution in [3.8, 4) is 5.75 Å². The molecule has 128 valence electrons. The smallest absolute Gasteiger partial charge is 0.230 e. The Hall–Kier alpha value is -2.30. The Morgan fingerprint density at radius 2 is 2.04 bits per heavy atom. The van der Waals surface area contributed by atoms with Crippen LogP contribution in [0.25, 0.3) is 0 Å². The Kier molecular flexibility index (Phi) is 4.35. The van der Waals surface area contributed by atoms with Crippen molar-refractivity contribution < 1.29 is 9.53 Å². The zero-order chi connectivity index (χ0) is 17.3. The van der Waals surface area contributed by atoms with E-state index in [1.54, 1.807) is 18.0 Å². The molecule has 1 aromatic carbocycles. The molecule has 1 fully saturated rings. The fourth-order valence-electron chi connectivity index (χ4n) is 3.23. The topological polar surface area (TPSA) is 56.1 Å². The number of hydrogen-bond acceptors (Lipinski definition) is 3. The van der Waals surface area contributed by atoms with Gasteiger partial charge >= 0.3 is 0 Å². The van der Waals surface area contributed by atoms with E-state index in [0.717, 1.165) is 24.2 Å². The molecule has 1 amide bonds. The lowest BCUT2D eigenvalue weighted by Gasteiger charge is -2.38. The number of amides is 1. The first-order chi connectivity index (χ1) is 11.4. The standard InChI is InChI=1S/C19H25N3O2/c1-19(2,14-11-20-22(3)12-14)18(23)21-15-9-13(10-15)16-7-5-6-8-17(16)24-4/h5-8,11-13,15H,9-10H2,1-4H3,(H,21,23). The van der Waals surface area contributed by atoms with Crippen molar-refractivity contribution in [3.05, 3.63) is 47.8 Å². The molecule has 1 heterocycles. The van der Waals surface area contributed by atoms with Crippen LogP contribution in [0.3, 0.4) is 0 Å². The van der Waals surface area contributed by atoms with Gasteiger partial charge in [-0.15, -0.1) is 0 Å². The van der Waals surface area contributed by atoms with Crippen molar-refractivity contribution in [1.82, 2.24) is 15.1 Å². The second kappa shape index (κ2) is 6.30. The zero-order valence-electron chi connectivity index (χ0n) is 14.7. The first-order valence-electron chi connectivity index (χ1n) is 8.35. The Morgan fingerprint density at radius 1 is 1.33 bits per heavy atom. The second-order valence-electron chi connectivity index (χ2n) is 7.11. The van der Waals surface area contributed by atoms with Crippen LogP contribution in [0.1, 0.15) is 43.7 Å². The van der Waals surface area contributed by atoms with Gasteiger partial charge in [-0.1, -0.05) is 18.2 Å². The van der Waals surface area contributed by atoms with Gasteiger partial charge < -0.3 is 10.1 Å². The lowest BCUT2D eigenvalue weighted by molar-refractivity contribution is -0.127. The van der Waals surface area contributed by atoms with Gasteiger partial charge in [0.2, 0.25) is 5.91 Å². The predicted octanol–water partition coefficient (Wildman–Crippen LogP) is 2.77. The van der Waals surface area contributed by atoms with Crippen molar-refractivity contribution in [3.63, 3.8) is 0 Å². The highest BCUT2D eigenvalue weighted by atomic mass is 16.5. The summed E-state index contributed by atoms with van der Waals surface area (Å²) in [7, 11) is 3.56. The van der Waals surface area contributed by atoms with Gasteiger partial charge in [-0.25, -0.2) is 0 Å². The molecular formula is C19H25N3O2. The fourth-order valence-corrected chi connectivity index (χ4v) is 3.23. The average molecular weight is 327 g/mol. The Morgan fingerprint density at radius 3 is 2.67 bits per heavy atom. The number of para-hydroxylation sites is 1. The van der Waals surface area contributed by atoms with Crippen LogP contribution < -0.4 is 10.1 Å². The molecule has 0 bridgehead atoms. The number of rotatable bonds is 5. The van der Waals surface area contributed by atoms with Crippen molar-refractivity contribution in [1.29, 1.82) is 0 Å². The maximum atomic E-state index is 12.7. The second-order valence-corrected chi connectivity index (χ2v) is 7.11. The number of benzene rings is 1. The molecule has 2 aromatic rings. The molecule has 0 spiro atoms. The van der Waals surface area contributed by atoms with Gasteiger partial charge in [0.15, 0.2) is 0 Å². The number of aromatic nitrogens is 2. The lowest BCUT2D eigenvalue weighted by atomic mass is 9.74. The van der Waals surface area contributed by atoms with Crippen LogP contribution in [0, 0.1) is 0 Å². The van der Waals surface area contributed by atoms with Crippen molar-refractivity contribution in [2.24, 2.45) is 7.05 Å². The monoisotopic (exact) mass is 327 g/mol. The Balaban J connectivity index is 1.60. The first-order valence-corrected chi connectivity index (χ1v) is 8.35. The van der Waals surface area contributed by atoms with Crippen LogP contribution in [0.4, 0.5) is 0 Å². The van der Waals surface area contributed by atoms with E-state index in [0.29, 0.717) is 5.92 Å². The zero-order valence-corrected chi connectivity index (χ0v) is 14.7. The van der Waals surface area contributed by atoms with E-state index < -0.39 is 5.41 Å². The third-order valence-electron chi connectivity index (χ3n) is 5.05. The molecule has 24 heavy (non-hydrogen) atoms. The maximum absolute atomic E-state index is 12.7. The lowest BCUT2D eigenvalue weighted by Crippen LogP contribution is -2.49. The molecule has 1 N–H and O–H groups in total. The Labute approximate surface area is 143 Å². The summed E-state index contributed by atoms with van der Waals surface area (Å²) in [5.41, 5.74) is 1.59. The van der Waals surface area contributed by atoms with Crippen molar-refractivity contribution in [2.45, 2.75) is 44.1 Å². The number of ether oxygens (including phenoxy) is 1. The van der Waals surface area contributed by atoms with Crippen LogP contribution >= 0.6 is 0 Å². The predicted molar refractivity (Wildman–Crippen MR) is 93.1 cm³/mol. The molecule has 3 rings (SSSR count). The highest BCUT2D eigenvalue weighted by Crippen LogP contribution is 2.41. The van der Waals surface area contributed by atoms with E-state index in [4.69, 9.17) is 4.74 Å². The van der Waals surface area contributed by atoms with Gasteiger partial charge in [-0.3, -0.25) is 9.48 Å². The molecule has 1 aromatic heterocycles. The summed E-state index contributed by atoms with van der Waals surface area (Å²) >= 11 is 0. The number of nitrogens with one attached hydrogen (secondary N) is 1. The molecule has 1 saturated carbocycles. The molecule has 5 nitrogen and oxygen atoms in total. The molecule has 0 saturated heterocycles. The third kappa shape index (κ3) is 3.03. The van der Waals surface area contributed by atoms with Gasteiger partial charge in [0.05, 0.1) is 18.7 Å². The largest absolute Gasteiger partial charge is 0.496 e. The van der Waals surface area contributed by atoms with Crippen LogP contribution in [-0.4, -0.2) is 28.8 Å². The number of nitrogens with zero attached hydrogens (tertiary/aromatic N) is 2. The van der Waals surface area contributed by atoms with Crippen LogP contribution in [0.15, 0.2) is 36.7 Å². The number of carbonyl (C=O) groups excluding carboxylic acids is 1. The molecule has 5 heteroatoms. The first kappa shape index (κ1) is 16.6. The van der Waals surface area contributed by atoms with Crippen LogP contribution in [-0.2, 0) is 17.3 Å². The normalized spacial score (nSPS) is 20.3. The summed E-state index contributed by atoms with van der Waals surface area (Å²) in [6.07, 6.45) is 5.57. The van der Waals surface area contributed by atoms with Crippen LogP contribution in [0.5, 0.6) is 5.75 Å². The Bertz CT molecular complexity index is 730. The number of carbonyl (C=O) groups is 1. The van der Waals surface area contributed by atoms with E-state index in [1.165, 1.54) is 5.56 Å².